The molecule has 2 aliphatic heterocycles. The van der Waals surface area contributed by atoms with Gasteiger partial charge in [-0.1, -0.05) is 60.7 Å². The Labute approximate surface area is 161 Å². The molecule has 2 saturated heterocycles. The lowest BCUT2D eigenvalue weighted by Crippen LogP contribution is -2.45. The molecule has 2 fully saturated rings. The van der Waals surface area contributed by atoms with Crippen molar-refractivity contribution in [2.75, 3.05) is 6.54 Å². The second kappa shape index (κ2) is 8.57. The zero-order valence-corrected chi connectivity index (χ0v) is 15.7. The van der Waals surface area contributed by atoms with Crippen LogP contribution >= 0.6 is 0 Å². The summed E-state index contributed by atoms with van der Waals surface area (Å²) in [6, 6.07) is 21.9. The van der Waals surface area contributed by atoms with Crippen molar-refractivity contribution in [2.45, 2.75) is 50.9 Å². The minimum absolute atomic E-state index is 0.307. The molecule has 2 aromatic rings. The van der Waals surface area contributed by atoms with Crippen LogP contribution in [0, 0.1) is 5.92 Å². The van der Waals surface area contributed by atoms with Gasteiger partial charge >= 0.3 is 6.09 Å². The molecule has 2 heterocycles. The number of alkyl carbamates (subject to hydrolysis) is 1. The van der Waals surface area contributed by atoms with Crippen LogP contribution in [-0.4, -0.2) is 29.6 Å². The van der Waals surface area contributed by atoms with Gasteiger partial charge < -0.3 is 10.1 Å². The highest BCUT2D eigenvalue weighted by Crippen LogP contribution is 2.39. The molecule has 0 spiro atoms. The number of fused-ring (bicyclic) bond motifs is 2. The summed E-state index contributed by atoms with van der Waals surface area (Å²) in [4.78, 5) is 14.7. The number of piperidine rings is 1. The number of amides is 1. The molecule has 27 heavy (non-hydrogen) atoms. The smallest absolute Gasteiger partial charge is 0.407 e. The highest BCUT2D eigenvalue weighted by Gasteiger charge is 2.40. The maximum absolute atomic E-state index is 12.0. The van der Waals surface area contributed by atoms with E-state index < -0.39 is 0 Å². The van der Waals surface area contributed by atoms with Gasteiger partial charge in [0.1, 0.15) is 6.61 Å². The number of ether oxygens (including phenoxy) is 1. The van der Waals surface area contributed by atoms with Crippen LogP contribution in [0.25, 0.3) is 0 Å². The second-order valence-electron chi connectivity index (χ2n) is 7.82. The molecule has 0 aliphatic carbocycles. The first-order valence-electron chi connectivity index (χ1n) is 10.0. The van der Waals surface area contributed by atoms with E-state index in [1.54, 1.807) is 0 Å². The molecule has 0 saturated carbocycles. The average molecular weight is 364 g/mol. The second-order valence-corrected chi connectivity index (χ2v) is 7.82. The third-order valence-electron chi connectivity index (χ3n) is 5.94. The van der Waals surface area contributed by atoms with Crippen LogP contribution in [0.4, 0.5) is 4.79 Å². The highest BCUT2D eigenvalue weighted by atomic mass is 16.5. The van der Waals surface area contributed by atoms with E-state index in [1.807, 2.05) is 30.3 Å². The number of nitrogens with one attached hydrogen (secondary N) is 1. The predicted molar refractivity (Wildman–Crippen MR) is 106 cm³/mol. The summed E-state index contributed by atoms with van der Waals surface area (Å²) in [6.07, 6.45) is 4.60. The summed E-state index contributed by atoms with van der Waals surface area (Å²) in [7, 11) is 0. The number of nitrogens with zero attached hydrogens (tertiary/aromatic N) is 1. The normalized spacial score (nSPS) is 24.5. The standard InChI is InChI=1S/C23H28N2O2/c26-23(27-17-19-9-5-2-6-10-19)24-15-20-13-21-11-12-22(14-20)25(21)16-18-7-3-1-4-8-18/h1-10,20-22H,11-17H2,(H,24,26). The van der Waals surface area contributed by atoms with E-state index in [-0.39, 0.29) is 6.09 Å². The Kier molecular flexibility index (Phi) is 5.73. The number of rotatable bonds is 6. The van der Waals surface area contributed by atoms with Crippen molar-refractivity contribution in [2.24, 2.45) is 5.92 Å². The van der Waals surface area contributed by atoms with Gasteiger partial charge in [-0.3, -0.25) is 4.90 Å². The van der Waals surface area contributed by atoms with Crippen molar-refractivity contribution >= 4 is 6.09 Å². The summed E-state index contributed by atoms with van der Waals surface area (Å²) >= 11 is 0. The first kappa shape index (κ1) is 18.1. The first-order chi connectivity index (χ1) is 13.3. The van der Waals surface area contributed by atoms with Crippen LogP contribution in [0.2, 0.25) is 0 Å². The number of hydrogen-bond acceptors (Lipinski definition) is 3. The maximum Gasteiger partial charge on any atom is 0.407 e. The van der Waals surface area contributed by atoms with Crippen LogP contribution in [0.15, 0.2) is 60.7 Å². The van der Waals surface area contributed by atoms with E-state index in [9.17, 15) is 4.79 Å². The molecule has 0 radical (unpaired) electrons. The molecule has 4 rings (SSSR count). The molecular weight excluding hydrogens is 336 g/mol. The summed E-state index contributed by atoms with van der Waals surface area (Å²) < 4.78 is 5.33. The molecule has 1 N–H and O–H groups in total. The van der Waals surface area contributed by atoms with Crippen LogP contribution in [-0.2, 0) is 17.9 Å². The lowest BCUT2D eigenvalue weighted by atomic mass is 9.90. The Morgan fingerprint density at radius 1 is 0.926 bits per heavy atom. The molecule has 2 aromatic carbocycles. The quantitative estimate of drug-likeness (QED) is 0.828. The largest absolute Gasteiger partial charge is 0.445 e. The Bertz CT molecular complexity index is 721. The lowest BCUT2D eigenvalue weighted by Gasteiger charge is -2.39. The first-order valence-corrected chi connectivity index (χ1v) is 10.0. The Hall–Kier alpha value is -2.33. The maximum atomic E-state index is 12.0. The van der Waals surface area contributed by atoms with Crippen molar-refractivity contribution in [1.82, 2.24) is 10.2 Å². The molecule has 2 bridgehead atoms. The van der Waals surface area contributed by atoms with E-state index in [4.69, 9.17) is 4.74 Å². The summed E-state index contributed by atoms with van der Waals surface area (Å²) in [5.74, 6) is 0.554. The highest BCUT2D eigenvalue weighted by molar-refractivity contribution is 5.67. The number of hydrogen-bond donors (Lipinski definition) is 1. The Balaban J connectivity index is 1.22. The minimum atomic E-state index is -0.307. The van der Waals surface area contributed by atoms with Crippen molar-refractivity contribution < 1.29 is 9.53 Å². The van der Waals surface area contributed by atoms with E-state index in [0.717, 1.165) is 18.7 Å². The van der Waals surface area contributed by atoms with Crippen LogP contribution < -0.4 is 5.32 Å². The van der Waals surface area contributed by atoms with Crippen molar-refractivity contribution in [3.8, 4) is 0 Å². The van der Waals surface area contributed by atoms with E-state index in [0.29, 0.717) is 24.6 Å². The fraction of sp³-hybridized carbons (Fsp3) is 0.435. The Morgan fingerprint density at radius 2 is 1.52 bits per heavy atom. The van der Waals surface area contributed by atoms with Crippen LogP contribution in [0.1, 0.15) is 36.8 Å². The molecule has 2 unspecified atom stereocenters. The van der Waals surface area contributed by atoms with E-state index in [1.165, 1.54) is 31.2 Å². The molecule has 2 aliphatic rings. The van der Waals surface area contributed by atoms with Gasteiger partial charge in [-0.25, -0.2) is 4.79 Å². The van der Waals surface area contributed by atoms with Gasteiger partial charge in [-0.05, 0) is 42.7 Å². The summed E-state index contributed by atoms with van der Waals surface area (Å²) in [5.41, 5.74) is 2.41. The lowest BCUT2D eigenvalue weighted by molar-refractivity contribution is 0.0920. The zero-order valence-electron chi connectivity index (χ0n) is 15.7. The van der Waals surface area contributed by atoms with Gasteiger partial charge in [-0.15, -0.1) is 0 Å². The molecule has 0 aromatic heterocycles. The molecule has 4 nitrogen and oxygen atoms in total. The third kappa shape index (κ3) is 4.69. The monoisotopic (exact) mass is 364 g/mol. The summed E-state index contributed by atoms with van der Waals surface area (Å²) in [6.45, 7) is 2.10. The fourth-order valence-corrected chi connectivity index (χ4v) is 4.61. The van der Waals surface area contributed by atoms with Gasteiger partial charge in [0.05, 0.1) is 0 Å². The molecule has 142 valence electrons. The van der Waals surface area contributed by atoms with Gasteiger partial charge in [0.15, 0.2) is 0 Å². The van der Waals surface area contributed by atoms with Gasteiger partial charge in [-0.2, -0.15) is 0 Å². The number of benzene rings is 2. The van der Waals surface area contributed by atoms with Crippen molar-refractivity contribution in [3.05, 3.63) is 71.8 Å². The Morgan fingerprint density at radius 3 is 2.15 bits per heavy atom. The zero-order chi connectivity index (χ0) is 18.5. The SMILES string of the molecule is O=C(NCC1CC2CCC(C1)N2Cc1ccccc1)OCc1ccccc1. The number of carbonyl (C=O) groups is 1. The van der Waals surface area contributed by atoms with Gasteiger partial charge in [0.2, 0.25) is 0 Å². The molecular formula is C23H28N2O2. The van der Waals surface area contributed by atoms with Crippen LogP contribution in [0.3, 0.4) is 0 Å². The van der Waals surface area contributed by atoms with Gasteiger partial charge in [0, 0.05) is 25.2 Å². The minimum Gasteiger partial charge on any atom is -0.445 e. The number of carbonyl (C=O) groups excluding carboxylic acids is 1. The van der Waals surface area contributed by atoms with E-state index >= 15 is 0 Å². The summed E-state index contributed by atoms with van der Waals surface area (Å²) in [5, 5.41) is 2.98. The third-order valence-corrected chi connectivity index (χ3v) is 5.94. The molecule has 4 heteroatoms. The van der Waals surface area contributed by atoms with Gasteiger partial charge in [0.25, 0.3) is 0 Å². The average Bonchev–Trinajstić information content (AvgIpc) is 2.94. The van der Waals surface area contributed by atoms with E-state index in [2.05, 4.69) is 40.5 Å². The molecule has 1 amide bonds. The van der Waals surface area contributed by atoms with Crippen molar-refractivity contribution in [3.63, 3.8) is 0 Å². The molecule has 2 atom stereocenters. The topological polar surface area (TPSA) is 41.6 Å². The van der Waals surface area contributed by atoms with Crippen LogP contribution in [0.5, 0.6) is 0 Å². The fourth-order valence-electron chi connectivity index (χ4n) is 4.61. The van der Waals surface area contributed by atoms with Crippen molar-refractivity contribution in [1.29, 1.82) is 0 Å². The predicted octanol–water partition coefficient (Wildman–Crippen LogP) is 4.36.